The van der Waals surface area contributed by atoms with Crippen LogP contribution >= 0.6 is 23.3 Å². The zero-order chi connectivity index (χ0) is 18.8. The summed E-state index contributed by atoms with van der Waals surface area (Å²) in [6, 6.07) is -0.289. The summed E-state index contributed by atoms with van der Waals surface area (Å²) >= 11 is 2.65. The first-order valence-corrected chi connectivity index (χ1v) is 10.4. The standard InChI is InChI=1S/C16H22N4O4S2/c1-8(21)11-12-10(4-2-3-5-17)14(25-6-9-7-26-19-18-9)13(16(23)24)20(12)15(11)22/h7-8,10-12,21H,2-6,17H2,1H3,(H,23,24)/t8-,10-,11-,12-/m1/s1. The number of aliphatic carboxylic acids is 1. The summed E-state index contributed by atoms with van der Waals surface area (Å²) in [4.78, 5) is 26.4. The lowest BCUT2D eigenvalue weighted by Crippen LogP contribution is -2.63. The summed E-state index contributed by atoms with van der Waals surface area (Å²) in [5.74, 6) is -1.55. The van der Waals surface area contributed by atoms with E-state index in [4.69, 9.17) is 5.73 Å². The van der Waals surface area contributed by atoms with Crippen LogP contribution in [0.1, 0.15) is 31.9 Å². The third kappa shape index (κ3) is 3.38. The van der Waals surface area contributed by atoms with Crippen molar-refractivity contribution in [2.45, 2.75) is 44.1 Å². The molecule has 26 heavy (non-hydrogen) atoms. The molecule has 0 bridgehead atoms. The molecule has 0 saturated carbocycles. The van der Waals surface area contributed by atoms with Crippen LogP contribution in [0.4, 0.5) is 0 Å². The van der Waals surface area contributed by atoms with Crippen molar-refractivity contribution in [1.82, 2.24) is 14.5 Å². The van der Waals surface area contributed by atoms with Gasteiger partial charge in [-0.25, -0.2) is 4.79 Å². The molecule has 3 heterocycles. The number of aliphatic hydroxyl groups excluding tert-OH is 1. The average Bonchev–Trinajstić information content (AvgIpc) is 3.17. The van der Waals surface area contributed by atoms with Crippen LogP contribution in [0.15, 0.2) is 16.0 Å². The van der Waals surface area contributed by atoms with Gasteiger partial charge in [0.15, 0.2) is 0 Å². The fraction of sp³-hybridized carbons (Fsp3) is 0.625. The Morgan fingerprint density at radius 2 is 2.27 bits per heavy atom. The molecule has 4 atom stereocenters. The Morgan fingerprint density at radius 1 is 1.50 bits per heavy atom. The van der Waals surface area contributed by atoms with Crippen molar-refractivity contribution in [2.75, 3.05) is 6.54 Å². The molecule has 0 aromatic carbocycles. The lowest BCUT2D eigenvalue weighted by molar-refractivity contribution is -0.163. The molecule has 2 aliphatic heterocycles. The number of carboxylic acids is 1. The summed E-state index contributed by atoms with van der Waals surface area (Å²) < 4.78 is 3.83. The van der Waals surface area contributed by atoms with Gasteiger partial charge in [0.25, 0.3) is 0 Å². The predicted molar refractivity (Wildman–Crippen MR) is 98.1 cm³/mol. The molecular formula is C16H22N4O4S2. The van der Waals surface area contributed by atoms with Crippen LogP contribution in [0.2, 0.25) is 0 Å². The Morgan fingerprint density at radius 3 is 2.85 bits per heavy atom. The number of nitrogens with zero attached hydrogens (tertiary/aromatic N) is 3. The number of fused-ring (bicyclic) bond motifs is 1. The minimum atomic E-state index is -1.10. The van der Waals surface area contributed by atoms with Gasteiger partial charge in [0.2, 0.25) is 5.91 Å². The maximum Gasteiger partial charge on any atom is 0.353 e. The van der Waals surface area contributed by atoms with Crippen molar-refractivity contribution in [3.8, 4) is 0 Å². The lowest BCUT2D eigenvalue weighted by atomic mass is 9.77. The molecule has 0 radical (unpaired) electrons. The van der Waals surface area contributed by atoms with Gasteiger partial charge in [0, 0.05) is 22.0 Å². The molecule has 8 nitrogen and oxygen atoms in total. The van der Waals surface area contributed by atoms with Crippen molar-refractivity contribution in [3.63, 3.8) is 0 Å². The van der Waals surface area contributed by atoms with Gasteiger partial charge in [-0.15, -0.1) is 16.9 Å². The molecule has 1 amide bonds. The van der Waals surface area contributed by atoms with E-state index < -0.39 is 18.0 Å². The number of carbonyl (C=O) groups excluding carboxylic acids is 1. The van der Waals surface area contributed by atoms with Crippen LogP contribution < -0.4 is 5.73 Å². The first kappa shape index (κ1) is 19.3. The number of β-lactam (4-membered cyclic amide) rings is 1. The highest BCUT2D eigenvalue weighted by molar-refractivity contribution is 8.02. The number of aromatic nitrogens is 2. The topological polar surface area (TPSA) is 130 Å². The Kier molecular flexibility index (Phi) is 5.96. The van der Waals surface area contributed by atoms with E-state index in [-0.39, 0.29) is 23.6 Å². The number of carbonyl (C=O) groups is 2. The van der Waals surface area contributed by atoms with E-state index in [1.54, 1.807) is 6.92 Å². The third-order valence-electron chi connectivity index (χ3n) is 4.88. The second kappa shape index (κ2) is 8.03. The monoisotopic (exact) mass is 398 g/mol. The molecule has 1 aromatic heterocycles. The fourth-order valence-electron chi connectivity index (χ4n) is 3.76. The predicted octanol–water partition coefficient (Wildman–Crippen LogP) is 1.03. The highest BCUT2D eigenvalue weighted by atomic mass is 32.2. The van der Waals surface area contributed by atoms with Crippen molar-refractivity contribution < 1.29 is 19.8 Å². The molecule has 3 rings (SSSR count). The van der Waals surface area contributed by atoms with Gasteiger partial charge in [-0.3, -0.25) is 4.79 Å². The molecule has 10 heteroatoms. The van der Waals surface area contributed by atoms with E-state index >= 15 is 0 Å². The minimum absolute atomic E-state index is 0.0582. The molecule has 0 aliphatic carbocycles. The first-order valence-electron chi connectivity index (χ1n) is 8.54. The van der Waals surface area contributed by atoms with E-state index in [0.717, 1.165) is 25.0 Å². The first-order chi connectivity index (χ1) is 12.5. The zero-order valence-corrected chi connectivity index (χ0v) is 16.0. The molecular weight excluding hydrogens is 376 g/mol. The Labute approximate surface area is 159 Å². The maximum absolute atomic E-state index is 12.5. The van der Waals surface area contributed by atoms with Gasteiger partial charge >= 0.3 is 5.97 Å². The van der Waals surface area contributed by atoms with Crippen molar-refractivity contribution in [2.24, 2.45) is 17.6 Å². The van der Waals surface area contributed by atoms with Crippen LogP contribution in [0.25, 0.3) is 0 Å². The van der Waals surface area contributed by atoms with E-state index in [2.05, 4.69) is 9.59 Å². The molecule has 142 valence electrons. The zero-order valence-electron chi connectivity index (χ0n) is 14.4. The van der Waals surface area contributed by atoms with E-state index in [0.29, 0.717) is 17.2 Å². The molecule has 0 unspecified atom stereocenters. The number of nitrogens with two attached hydrogens (primary N) is 1. The van der Waals surface area contributed by atoms with E-state index in [1.807, 2.05) is 5.38 Å². The Bertz CT molecular complexity index is 707. The number of rotatable bonds is 9. The van der Waals surface area contributed by atoms with E-state index in [1.165, 1.54) is 28.2 Å². The number of aliphatic hydroxyl groups is 1. The second-order valence-corrected chi connectivity index (χ2v) is 8.19. The summed E-state index contributed by atoms with van der Waals surface area (Å²) in [6.07, 6.45) is 1.63. The molecule has 4 N–H and O–H groups in total. The van der Waals surface area contributed by atoms with Gasteiger partial charge in [-0.2, -0.15) is 0 Å². The third-order valence-corrected chi connectivity index (χ3v) is 6.68. The van der Waals surface area contributed by atoms with Crippen molar-refractivity contribution >= 4 is 35.2 Å². The summed E-state index contributed by atoms with van der Waals surface area (Å²) in [6.45, 7) is 2.16. The second-order valence-electron chi connectivity index (χ2n) is 6.56. The van der Waals surface area contributed by atoms with Crippen LogP contribution in [0, 0.1) is 11.8 Å². The normalized spacial score (nSPS) is 26.0. The summed E-state index contributed by atoms with van der Waals surface area (Å²) in [5.41, 5.74) is 6.43. The number of carboxylic acid groups (broad SMARTS) is 1. The quantitative estimate of drug-likeness (QED) is 0.415. The van der Waals surface area contributed by atoms with Gasteiger partial charge in [0.05, 0.1) is 23.8 Å². The average molecular weight is 399 g/mol. The molecule has 1 fully saturated rings. The number of hydrogen-bond donors (Lipinski definition) is 3. The number of thioether (sulfide) groups is 1. The highest BCUT2D eigenvalue weighted by Gasteiger charge is 2.60. The fourth-order valence-corrected chi connectivity index (χ4v) is 5.55. The SMILES string of the molecule is C[C@@H](O)[C@H]1C(=O)N2C(C(=O)O)=C(SCc3csnn3)[C@H](CCCCN)[C@H]12. The summed E-state index contributed by atoms with van der Waals surface area (Å²) in [7, 11) is 0. The maximum atomic E-state index is 12.5. The number of hydrogen-bond acceptors (Lipinski definition) is 8. The van der Waals surface area contributed by atoms with E-state index in [9.17, 15) is 19.8 Å². The van der Waals surface area contributed by atoms with Gasteiger partial charge in [-0.1, -0.05) is 10.9 Å². The van der Waals surface area contributed by atoms with Gasteiger partial charge in [0.1, 0.15) is 5.70 Å². The summed E-state index contributed by atoms with van der Waals surface area (Å²) in [5, 5.41) is 25.6. The molecule has 1 aromatic rings. The Balaban J connectivity index is 1.89. The minimum Gasteiger partial charge on any atom is -0.477 e. The lowest BCUT2D eigenvalue weighted by Gasteiger charge is -2.47. The van der Waals surface area contributed by atoms with Crippen molar-refractivity contribution in [1.29, 1.82) is 0 Å². The van der Waals surface area contributed by atoms with Gasteiger partial charge < -0.3 is 20.8 Å². The number of unbranched alkanes of at least 4 members (excludes halogenated alkanes) is 1. The molecule has 0 spiro atoms. The Hall–Kier alpha value is -1.49. The van der Waals surface area contributed by atoms with Gasteiger partial charge in [-0.05, 0) is 37.8 Å². The largest absolute Gasteiger partial charge is 0.477 e. The van der Waals surface area contributed by atoms with Crippen LogP contribution in [-0.2, 0) is 15.3 Å². The van der Waals surface area contributed by atoms with Crippen molar-refractivity contribution in [3.05, 3.63) is 21.7 Å². The van der Waals surface area contributed by atoms with Crippen LogP contribution in [0.3, 0.4) is 0 Å². The smallest absolute Gasteiger partial charge is 0.353 e. The molecule has 2 aliphatic rings. The number of amides is 1. The van der Waals surface area contributed by atoms with Crippen LogP contribution in [-0.4, -0.2) is 55.3 Å². The van der Waals surface area contributed by atoms with Crippen LogP contribution in [0.5, 0.6) is 0 Å². The molecule has 1 saturated heterocycles. The highest BCUT2D eigenvalue weighted by Crippen LogP contribution is 2.52.